The molecule has 5 aliphatic carbocycles. The third kappa shape index (κ3) is 29.8. The number of aliphatic hydroxyl groups excluding tert-OH is 1. The number of Topliss-reactive ketones (excluding diaryl/α,β-unsaturated/α-hetero) is 1. The number of anilines is 2. The number of hydrazone groups is 1. The molecule has 742 valence electrons. The van der Waals surface area contributed by atoms with E-state index < -0.39 is 136 Å². The molecule has 34 nitrogen and oxygen atoms in total. The SMILES string of the molecule is CCCNC(=O)CCOCCOCCOCCOCCN=C1CCCCCC(OCC(=O)NCCCC[C@@H](NC(=O)CCOCCOCCOCCOCCNC(=O)CCC(=O)N2Cc3ccccc3C#Cc3ccccc32)C(=O)N[C@H](C(=O)N[C@@H](C)C(=O)Nc2ccc(OCC(=O)[C@@]34OC(CCC)O[C@@H]3C[C@H]3[C@@H]5C[C@H](F)C6=CC(=O)C=C[C@]6(C)[C@@]5(F)[C@@H](O)C[C@@]34C)cc2)C(C)C)C1=NN. The summed E-state index contributed by atoms with van der Waals surface area (Å²) in [7, 11) is 0. The zero-order chi connectivity index (χ0) is 96.8. The number of carbonyl (C=O) groups excluding carboxylic acids is 10. The van der Waals surface area contributed by atoms with E-state index in [2.05, 4.69) is 54.2 Å². The minimum atomic E-state index is -2.38. The standard InChI is InChI=1S/C99H139F2N11O23/c1-8-19-90-134-84-61-74-75-60-77(100)76-59-72(113)35-38-96(76,6)98(75,101)82(114)62-97(74,7)99(84,135-90)83(115)64-132-73-31-29-71(30-32-73)108-93(121)67(5)107-95(123)91(66(3)4)110-94(122)79(24-17-18-40-105-88(119)65-133-81-26-12-10-11-23-78(92(81)111-102)103-41-45-126-49-53-130-57-55-128-51-47-124-43-36-86(117)104-39-9-2)109-87(118)37-44-125-48-52-129-56-58-131-54-50-127-46-42-106-85(116)33-34-89(120)112-63-70-22-14-13-20-68(70)27-28-69-21-15-16-25-80(69)112/h13-16,20-22,25,29-32,35,38,59,66-67,74-75,77,79,81-82,84,90-91,114H,8-12,17-19,23-24,26,33-34,36-37,39-58,60-65,102H2,1-7H3,(H,104,117)(H,105,119)(H,106,116)(H,107,123)(H,108,121)(H,109,118)(H,110,122)/t67-,74-,75-,77-,79+,81?,82-,84+,90?,91-,96-,97-,98-,99+/m0/s1. The van der Waals surface area contributed by atoms with Crippen LogP contribution in [0.1, 0.15) is 181 Å². The van der Waals surface area contributed by atoms with Gasteiger partial charge >= 0.3 is 0 Å². The van der Waals surface area contributed by atoms with Gasteiger partial charge in [0, 0.05) is 78.9 Å². The van der Waals surface area contributed by atoms with Gasteiger partial charge in [0.25, 0.3) is 0 Å². The normalized spacial score (nSPS) is 24.4. The highest BCUT2D eigenvalue weighted by atomic mass is 19.1. The number of nitrogens with one attached hydrogen (secondary N) is 7. The zero-order valence-corrected chi connectivity index (χ0v) is 79.1. The van der Waals surface area contributed by atoms with Gasteiger partial charge in [0.15, 0.2) is 23.3 Å². The molecule has 135 heavy (non-hydrogen) atoms. The lowest BCUT2D eigenvalue weighted by atomic mass is 9.44. The largest absolute Gasteiger partial charge is 0.486 e. The Hall–Kier alpha value is -9.88. The summed E-state index contributed by atoms with van der Waals surface area (Å²) in [5, 5.41) is 35.7. The Morgan fingerprint density at radius 3 is 1.94 bits per heavy atom. The number of alkyl halides is 2. The van der Waals surface area contributed by atoms with E-state index in [1.165, 1.54) is 50.3 Å². The number of nitrogens with zero attached hydrogens (tertiary/aromatic N) is 3. The Balaban J connectivity index is 0.650. The number of aliphatic hydroxyl groups is 1. The second kappa shape index (κ2) is 54.3. The smallest absolute Gasteiger partial charge is 0.246 e. The molecular formula is C99H139F2N11O23. The van der Waals surface area contributed by atoms with Crippen LogP contribution < -0.4 is 52.7 Å². The van der Waals surface area contributed by atoms with Gasteiger partial charge in [0.1, 0.15) is 55.1 Å². The summed E-state index contributed by atoms with van der Waals surface area (Å²) in [5.41, 5.74) is -2.30. The summed E-state index contributed by atoms with van der Waals surface area (Å²) in [6.07, 6.45) is 4.47. The molecule has 1 saturated heterocycles. The number of carbonyl (C=O) groups is 10. The van der Waals surface area contributed by atoms with Crippen molar-refractivity contribution in [2.24, 2.45) is 44.5 Å². The fourth-order valence-corrected chi connectivity index (χ4v) is 18.7. The molecule has 2 heterocycles. The van der Waals surface area contributed by atoms with Crippen LogP contribution >= 0.6 is 0 Å². The Bertz CT molecular complexity index is 4630. The molecule has 2 aliphatic heterocycles. The monoisotopic (exact) mass is 1890 g/mol. The highest BCUT2D eigenvalue weighted by Gasteiger charge is 2.80. The Morgan fingerprint density at radius 1 is 0.644 bits per heavy atom. The van der Waals surface area contributed by atoms with E-state index in [4.69, 9.17) is 67.7 Å². The lowest BCUT2D eigenvalue weighted by molar-refractivity contribution is -0.234. The molecule has 7 aliphatic rings. The lowest BCUT2D eigenvalue weighted by Gasteiger charge is -2.63. The van der Waals surface area contributed by atoms with Crippen LogP contribution in [-0.2, 0) is 107 Å². The van der Waals surface area contributed by atoms with Gasteiger partial charge in [-0.15, -0.1) is 0 Å². The fourth-order valence-electron chi connectivity index (χ4n) is 18.7. The molecule has 4 saturated carbocycles. The number of halogens is 2. The average molecular weight is 1890 g/mol. The highest BCUT2D eigenvalue weighted by Crippen LogP contribution is 2.72. The molecule has 2 unspecified atom stereocenters. The minimum absolute atomic E-state index is 0.00641. The maximum absolute atomic E-state index is 18.1. The molecule has 36 heteroatoms. The molecule has 3 aromatic rings. The molecular weight excluding hydrogens is 1750 g/mol. The minimum Gasteiger partial charge on any atom is -0.486 e. The third-order valence-corrected chi connectivity index (χ3v) is 25.9. The van der Waals surface area contributed by atoms with Gasteiger partial charge in [-0.25, -0.2) is 8.78 Å². The van der Waals surface area contributed by atoms with E-state index >= 15 is 8.78 Å². The molecule has 5 fully saturated rings. The van der Waals surface area contributed by atoms with E-state index in [9.17, 15) is 53.1 Å². The number of allylic oxidation sites excluding steroid dienone is 4. The first-order valence-electron chi connectivity index (χ1n) is 47.8. The van der Waals surface area contributed by atoms with Gasteiger partial charge in [0.05, 0.1) is 142 Å². The van der Waals surface area contributed by atoms with Crippen LogP contribution in [0.4, 0.5) is 20.2 Å². The van der Waals surface area contributed by atoms with Crippen LogP contribution in [0.25, 0.3) is 0 Å². The quantitative estimate of drug-likeness (QED) is 0.0114. The Morgan fingerprint density at radius 2 is 1.27 bits per heavy atom. The number of hydrogen-bond donors (Lipinski definition) is 9. The lowest BCUT2D eigenvalue weighted by Crippen LogP contribution is -2.71. The predicted octanol–water partition coefficient (Wildman–Crippen LogP) is 7.59. The van der Waals surface area contributed by atoms with Gasteiger partial charge in [-0.1, -0.05) is 102 Å². The summed E-state index contributed by atoms with van der Waals surface area (Å²) in [4.78, 5) is 141. The molecule has 8 amide bonds. The number of para-hydroxylation sites is 1. The maximum Gasteiger partial charge on any atom is 0.246 e. The first-order chi connectivity index (χ1) is 65.2. The second-order valence-corrected chi connectivity index (χ2v) is 35.7. The van der Waals surface area contributed by atoms with Crippen LogP contribution in [0.5, 0.6) is 5.75 Å². The summed E-state index contributed by atoms with van der Waals surface area (Å²) in [6, 6.07) is 17.8. The fraction of sp³-hybridized carbons (Fsp3) is 0.636. The number of hydrogen-bond acceptors (Lipinski definition) is 26. The van der Waals surface area contributed by atoms with E-state index in [0.717, 1.165) is 48.4 Å². The van der Waals surface area contributed by atoms with Gasteiger partial charge in [-0.05, 0) is 162 Å². The zero-order valence-electron chi connectivity index (χ0n) is 79.1. The molecule has 0 aromatic heterocycles. The van der Waals surface area contributed by atoms with Crippen molar-refractivity contribution in [1.29, 1.82) is 0 Å². The van der Waals surface area contributed by atoms with Crippen molar-refractivity contribution in [3.05, 3.63) is 113 Å². The average Bonchev–Trinajstić information content (AvgIpc) is 1.51. The van der Waals surface area contributed by atoms with Crippen molar-refractivity contribution in [2.75, 3.05) is 155 Å². The molecule has 0 bridgehead atoms. The number of nitrogens with two attached hydrogens (primary N) is 1. The molecule has 14 atom stereocenters. The summed E-state index contributed by atoms with van der Waals surface area (Å²) in [6.45, 7) is 17.5. The summed E-state index contributed by atoms with van der Waals surface area (Å²) >= 11 is 0. The second-order valence-electron chi connectivity index (χ2n) is 35.7. The van der Waals surface area contributed by atoms with Crippen molar-refractivity contribution in [2.45, 2.75) is 231 Å². The van der Waals surface area contributed by atoms with Crippen molar-refractivity contribution in [3.63, 3.8) is 0 Å². The van der Waals surface area contributed by atoms with E-state index in [1.807, 2.05) is 62.4 Å². The number of rotatable bonds is 57. The number of fused-ring (bicyclic) bond motifs is 9. The molecule has 10 rings (SSSR count). The summed E-state index contributed by atoms with van der Waals surface area (Å²) < 4.78 is 105. The third-order valence-electron chi connectivity index (χ3n) is 25.9. The predicted molar refractivity (Wildman–Crippen MR) is 498 cm³/mol. The first kappa shape index (κ1) is 107. The first-order valence-corrected chi connectivity index (χ1v) is 47.8. The number of unbranched alkanes of at least 4 members (excludes halogenated alkanes) is 1. The summed E-state index contributed by atoms with van der Waals surface area (Å²) in [5.74, 6) is 5.94. The van der Waals surface area contributed by atoms with E-state index in [0.29, 0.717) is 140 Å². The van der Waals surface area contributed by atoms with Crippen molar-refractivity contribution in [1.82, 2.24) is 31.9 Å². The van der Waals surface area contributed by atoms with Crippen molar-refractivity contribution >= 4 is 81.6 Å². The van der Waals surface area contributed by atoms with Crippen molar-refractivity contribution < 1.29 is 119 Å². The van der Waals surface area contributed by atoms with Crippen LogP contribution in [0.3, 0.4) is 0 Å². The van der Waals surface area contributed by atoms with Crippen molar-refractivity contribution in [3.8, 4) is 17.6 Å². The topological polar surface area (TPSA) is 440 Å². The molecule has 0 spiro atoms. The number of amides is 8. The maximum atomic E-state index is 18.1. The van der Waals surface area contributed by atoms with Crippen LogP contribution in [-0.4, -0.2) is 281 Å². The molecule has 0 radical (unpaired) electrons. The van der Waals surface area contributed by atoms with Gasteiger partial charge in [-0.2, -0.15) is 5.10 Å². The number of benzene rings is 3. The van der Waals surface area contributed by atoms with Crippen LogP contribution in [0.2, 0.25) is 0 Å². The molecule has 3 aromatic carbocycles. The Labute approximate surface area is 789 Å². The van der Waals surface area contributed by atoms with Gasteiger partial charge in [0.2, 0.25) is 53.0 Å². The molecule has 10 N–H and O–H groups in total. The van der Waals surface area contributed by atoms with Gasteiger partial charge in [-0.3, -0.25) is 52.9 Å². The van der Waals surface area contributed by atoms with Crippen LogP contribution in [0, 0.1) is 40.4 Å². The number of ketones is 2. The van der Waals surface area contributed by atoms with E-state index in [1.54, 1.807) is 25.7 Å². The highest BCUT2D eigenvalue weighted by molar-refractivity contribution is 6.44. The Kier molecular flexibility index (Phi) is 43.1. The number of ether oxygens (including phenoxy) is 12. The van der Waals surface area contributed by atoms with Gasteiger partial charge < -0.3 is 110 Å². The number of aliphatic imine (C=N–C) groups is 1. The van der Waals surface area contributed by atoms with E-state index in [-0.39, 0.29) is 147 Å². The van der Waals surface area contributed by atoms with Crippen LogP contribution in [0.15, 0.2) is 107 Å².